The van der Waals surface area contributed by atoms with Crippen molar-refractivity contribution in [3.05, 3.63) is 26.8 Å². The second-order valence-corrected chi connectivity index (χ2v) is 5.04. The van der Waals surface area contributed by atoms with Crippen LogP contribution >= 0.6 is 27.3 Å². The molecule has 4 N–H and O–H groups in total. The standard InChI is InChI=1S/C9H11BrN6S/c1-5-7(17-4-14-5)3-12-8-6(10)2-13-9(15-8)16-11/h2,4H,3,11H2,1H3,(H2,12,13,15,16). The van der Waals surface area contributed by atoms with Crippen molar-refractivity contribution in [2.75, 3.05) is 10.7 Å². The van der Waals surface area contributed by atoms with Crippen LogP contribution in [0.4, 0.5) is 11.8 Å². The minimum Gasteiger partial charge on any atom is -0.364 e. The second kappa shape index (κ2) is 5.39. The molecule has 6 nitrogen and oxygen atoms in total. The number of nitrogens with one attached hydrogen (secondary N) is 2. The number of hydrazine groups is 1. The summed E-state index contributed by atoms with van der Waals surface area (Å²) in [7, 11) is 0. The molecular formula is C9H11BrN6S. The molecule has 0 saturated carbocycles. The van der Waals surface area contributed by atoms with Crippen LogP contribution in [-0.4, -0.2) is 15.0 Å². The Bertz CT molecular complexity index is 514. The lowest BCUT2D eigenvalue weighted by Gasteiger charge is -2.07. The molecule has 0 aliphatic carbocycles. The number of anilines is 2. The number of aromatic nitrogens is 3. The van der Waals surface area contributed by atoms with Crippen molar-refractivity contribution in [1.29, 1.82) is 0 Å². The number of nitrogens with two attached hydrogens (primary N) is 1. The van der Waals surface area contributed by atoms with E-state index >= 15 is 0 Å². The normalized spacial score (nSPS) is 10.3. The van der Waals surface area contributed by atoms with Crippen LogP contribution in [0.25, 0.3) is 0 Å². The van der Waals surface area contributed by atoms with E-state index in [0.717, 1.165) is 10.2 Å². The molecule has 0 radical (unpaired) electrons. The molecule has 2 rings (SSSR count). The van der Waals surface area contributed by atoms with Crippen molar-refractivity contribution >= 4 is 39.0 Å². The number of thiazole rings is 1. The van der Waals surface area contributed by atoms with E-state index in [4.69, 9.17) is 5.84 Å². The fraction of sp³-hybridized carbons (Fsp3) is 0.222. The first-order valence-electron chi connectivity index (χ1n) is 4.82. The zero-order valence-corrected chi connectivity index (χ0v) is 11.5. The van der Waals surface area contributed by atoms with Gasteiger partial charge >= 0.3 is 0 Å². The maximum absolute atomic E-state index is 5.26. The summed E-state index contributed by atoms with van der Waals surface area (Å²) >= 11 is 4.99. The molecule has 0 aliphatic heterocycles. The average molecular weight is 315 g/mol. The SMILES string of the molecule is Cc1ncsc1CNc1nc(NN)ncc1Br. The Balaban J connectivity index is 2.11. The molecule has 2 heterocycles. The van der Waals surface area contributed by atoms with Gasteiger partial charge in [-0.05, 0) is 22.9 Å². The smallest absolute Gasteiger partial charge is 0.239 e. The van der Waals surface area contributed by atoms with Crippen molar-refractivity contribution in [2.45, 2.75) is 13.5 Å². The highest BCUT2D eigenvalue weighted by atomic mass is 79.9. The van der Waals surface area contributed by atoms with Crippen LogP contribution in [0.15, 0.2) is 16.2 Å². The monoisotopic (exact) mass is 314 g/mol. The maximum atomic E-state index is 5.26. The zero-order chi connectivity index (χ0) is 12.3. The minimum absolute atomic E-state index is 0.372. The van der Waals surface area contributed by atoms with Crippen LogP contribution in [0, 0.1) is 6.92 Å². The van der Waals surface area contributed by atoms with Gasteiger partial charge < -0.3 is 5.32 Å². The maximum Gasteiger partial charge on any atom is 0.239 e. The van der Waals surface area contributed by atoms with Gasteiger partial charge in [0.1, 0.15) is 5.82 Å². The lowest BCUT2D eigenvalue weighted by molar-refractivity contribution is 1.05. The Labute approximate surface area is 111 Å². The van der Waals surface area contributed by atoms with Gasteiger partial charge in [-0.25, -0.2) is 15.8 Å². The molecule has 0 unspecified atom stereocenters. The third-order valence-corrected chi connectivity index (χ3v) is 3.65. The minimum atomic E-state index is 0.372. The molecule has 2 aromatic heterocycles. The van der Waals surface area contributed by atoms with Gasteiger partial charge in [-0.3, -0.25) is 5.43 Å². The number of rotatable bonds is 4. The molecule has 0 aliphatic rings. The van der Waals surface area contributed by atoms with Crippen LogP contribution < -0.4 is 16.6 Å². The Morgan fingerprint density at radius 2 is 2.29 bits per heavy atom. The Hall–Kier alpha value is -1.25. The van der Waals surface area contributed by atoms with Crippen LogP contribution in [0.2, 0.25) is 0 Å². The molecule has 0 saturated heterocycles. The molecule has 2 aromatic rings. The van der Waals surface area contributed by atoms with Gasteiger partial charge in [-0.15, -0.1) is 11.3 Å². The summed E-state index contributed by atoms with van der Waals surface area (Å²) in [5, 5.41) is 3.21. The fourth-order valence-electron chi connectivity index (χ4n) is 1.22. The summed E-state index contributed by atoms with van der Waals surface area (Å²) in [5.41, 5.74) is 5.27. The largest absolute Gasteiger partial charge is 0.364 e. The molecule has 0 aromatic carbocycles. The number of nitrogen functional groups attached to an aromatic ring is 1. The van der Waals surface area contributed by atoms with Crippen LogP contribution in [0.1, 0.15) is 10.6 Å². The van der Waals surface area contributed by atoms with Gasteiger partial charge in [0.25, 0.3) is 0 Å². The van der Waals surface area contributed by atoms with Gasteiger partial charge in [0.15, 0.2) is 0 Å². The molecule has 17 heavy (non-hydrogen) atoms. The lowest BCUT2D eigenvalue weighted by Crippen LogP contribution is -2.12. The van der Waals surface area contributed by atoms with E-state index in [1.807, 2.05) is 12.4 Å². The lowest BCUT2D eigenvalue weighted by atomic mass is 10.4. The van der Waals surface area contributed by atoms with Crippen LogP contribution in [0.3, 0.4) is 0 Å². The van der Waals surface area contributed by atoms with Gasteiger partial charge in [0, 0.05) is 11.1 Å². The van der Waals surface area contributed by atoms with E-state index in [2.05, 4.69) is 41.6 Å². The van der Waals surface area contributed by atoms with Gasteiger partial charge in [-0.2, -0.15) is 4.98 Å². The predicted octanol–water partition coefficient (Wildman–Crippen LogP) is 1.90. The van der Waals surface area contributed by atoms with E-state index in [0.29, 0.717) is 18.3 Å². The number of halogens is 1. The third-order valence-electron chi connectivity index (χ3n) is 2.13. The molecule has 0 bridgehead atoms. The van der Waals surface area contributed by atoms with Crippen LogP contribution in [0.5, 0.6) is 0 Å². The first-order valence-corrected chi connectivity index (χ1v) is 6.50. The first-order chi connectivity index (χ1) is 8.20. The summed E-state index contributed by atoms with van der Waals surface area (Å²) in [6.45, 7) is 2.66. The van der Waals surface area contributed by atoms with Crippen molar-refractivity contribution in [1.82, 2.24) is 15.0 Å². The second-order valence-electron chi connectivity index (χ2n) is 3.25. The van der Waals surface area contributed by atoms with Gasteiger partial charge in [0.2, 0.25) is 5.95 Å². The van der Waals surface area contributed by atoms with E-state index in [9.17, 15) is 0 Å². The number of hydrogen-bond acceptors (Lipinski definition) is 7. The summed E-state index contributed by atoms with van der Waals surface area (Å²) in [4.78, 5) is 13.5. The predicted molar refractivity (Wildman–Crippen MR) is 71.7 cm³/mol. The Morgan fingerprint density at radius 1 is 1.47 bits per heavy atom. The number of hydrogen-bond donors (Lipinski definition) is 3. The summed E-state index contributed by atoms with van der Waals surface area (Å²) in [5.74, 6) is 6.32. The molecule has 8 heteroatoms. The first kappa shape index (κ1) is 12.2. The molecule has 0 spiro atoms. The molecule has 0 amide bonds. The fourth-order valence-corrected chi connectivity index (χ4v) is 2.27. The number of aryl methyl sites for hydroxylation is 1. The quantitative estimate of drug-likeness (QED) is 0.590. The topological polar surface area (TPSA) is 88.8 Å². The highest BCUT2D eigenvalue weighted by molar-refractivity contribution is 9.10. The highest BCUT2D eigenvalue weighted by Gasteiger charge is 2.06. The van der Waals surface area contributed by atoms with Crippen molar-refractivity contribution in [2.24, 2.45) is 5.84 Å². The molecule has 0 fully saturated rings. The van der Waals surface area contributed by atoms with Gasteiger partial charge in [-0.1, -0.05) is 0 Å². The van der Waals surface area contributed by atoms with E-state index < -0.39 is 0 Å². The third kappa shape index (κ3) is 2.90. The summed E-state index contributed by atoms with van der Waals surface area (Å²) in [6, 6.07) is 0. The highest BCUT2D eigenvalue weighted by Crippen LogP contribution is 2.21. The zero-order valence-electron chi connectivity index (χ0n) is 9.07. The Morgan fingerprint density at radius 3 is 2.94 bits per heavy atom. The van der Waals surface area contributed by atoms with E-state index in [1.54, 1.807) is 17.5 Å². The average Bonchev–Trinajstić information content (AvgIpc) is 2.74. The van der Waals surface area contributed by atoms with E-state index in [-0.39, 0.29) is 0 Å². The van der Waals surface area contributed by atoms with Crippen LogP contribution in [-0.2, 0) is 6.54 Å². The molecule has 0 atom stereocenters. The van der Waals surface area contributed by atoms with Crippen molar-refractivity contribution < 1.29 is 0 Å². The molecule has 90 valence electrons. The summed E-state index contributed by atoms with van der Waals surface area (Å²) < 4.78 is 0.790. The van der Waals surface area contributed by atoms with E-state index in [1.165, 1.54) is 4.88 Å². The van der Waals surface area contributed by atoms with Crippen molar-refractivity contribution in [3.8, 4) is 0 Å². The number of nitrogens with zero attached hydrogens (tertiary/aromatic N) is 3. The molecular weight excluding hydrogens is 304 g/mol. The summed E-state index contributed by atoms with van der Waals surface area (Å²) in [6.07, 6.45) is 1.64. The Kier molecular flexibility index (Phi) is 3.87. The van der Waals surface area contributed by atoms with Gasteiger partial charge in [0.05, 0.1) is 22.2 Å². The van der Waals surface area contributed by atoms with Crippen molar-refractivity contribution in [3.63, 3.8) is 0 Å².